The Hall–Kier alpha value is -0.300. The van der Waals surface area contributed by atoms with Crippen LogP contribution in [-0.4, -0.2) is 11.2 Å². The molecule has 3 atom stereocenters. The molecule has 0 heterocycles. The molecular weight excluding hydrogens is 124 g/mol. The molecule has 1 fully saturated rings. The molecule has 2 aliphatic carbocycles. The van der Waals surface area contributed by atoms with Crippen LogP contribution in [0.15, 0.2) is 12.2 Å². The Kier molecular flexibility index (Phi) is 1.53. The number of hydrogen-bond donors (Lipinski definition) is 1. The van der Waals surface area contributed by atoms with Crippen molar-refractivity contribution in [3.8, 4) is 0 Å². The van der Waals surface area contributed by atoms with Crippen molar-refractivity contribution >= 4 is 0 Å². The molecule has 0 spiro atoms. The summed E-state index contributed by atoms with van der Waals surface area (Å²) in [6.07, 6.45) is 9.21. The quantitative estimate of drug-likeness (QED) is 0.505. The van der Waals surface area contributed by atoms with Gasteiger partial charge in [-0.05, 0) is 31.6 Å². The molecule has 0 unspecified atom stereocenters. The van der Waals surface area contributed by atoms with Gasteiger partial charge in [0, 0.05) is 5.92 Å². The summed E-state index contributed by atoms with van der Waals surface area (Å²) in [5.41, 5.74) is 0. The van der Waals surface area contributed by atoms with Gasteiger partial charge >= 0.3 is 0 Å². The summed E-state index contributed by atoms with van der Waals surface area (Å²) in [7, 11) is 0. The van der Waals surface area contributed by atoms with Crippen molar-refractivity contribution in [2.75, 3.05) is 0 Å². The zero-order valence-electron chi connectivity index (χ0n) is 6.16. The van der Waals surface area contributed by atoms with Crippen LogP contribution in [0.25, 0.3) is 0 Å². The lowest BCUT2D eigenvalue weighted by molar-refractivity contribution is 0.138. The third kappa shape index (κ3) is 0.891. The van der Waals surface area contributed by atoms with Crippen LogP contribution in [0.3, 0.4) is 0 Å². The molecule has 1 N–H and O–H groups in total. The third-order valence-electron chi connectivity index (χ3n) is 2.88. The Morgan fingerprint density at radius 2 is 2.10 bits per heavy atom. The summed E-state index contributed by atoms with van der Waals surface area (Å²) in [6, 6.07) is 0. The van der Waals surface area contributed by atoms with Crippen LogP contribution in [0.2, 0.25) is 0 Å². The molecule has 1 nitrogen and oxygen atoms in total. The van der Waals surface area contributed by atoms with Gasteiger partial charge in [-0.3, -0.25) is 0 Å². The Morgan fingerprint density at radius 3 is 2.90 bits per heavy atom. The van der Waals surface area contributed by atoms with E-state index in [4.69, 9.17) is 0 Å². The lowest BCUT2D eigenvalue weighted by Gasteiger charge is -2.21. The van der Waals surface area contributed by atoms with Crippen LogP contribution >= 0.6 is 0 Å². The largest absolute Gasteiger partial charge is 0.393 e. The summed E-state index contributed by atoms with van der Waals surface area (Å²) >= 11 is 0. The Balaban J connectivity index is 2.13. The smallest absolute Gasteiger partial charge is 0.0605 e. The first-order valence-electron chi connectivity index (χ1n) is 4.22. The van der Waals surface area contributed by atoms with E-state index in [0.717, 1.165) is 12.3 Å². The van der Waals surface area contributed by atoms with Crippen molar-refractivity contribution in [1.29, 1.82) is 0 Å². The highest BCUT2D eigenvalue weighted by Gasteiger charge is 2.33. The molecule has 0 saturated heterocycles. The summed E-state index contributed by atoms with van der Waals surface area (Å²) in [5.74, 6) is 1.31. The number of hydrogen-bond acceptors (Lipinski definition) is 1. The van der Waals surface area contributed by atoms with Crippen molar-refractivity contribution < 1.29 is 5.11 Å². The average molecular weight is 138 g/mol. The Bertz CT molecular complexity index is 151. The maximum Gasteiger partial charge on any atom is 0.0605 e. The molecule has 0 aromatic rings. The first-order chi connectivity index (χ1) is 4.88. The molecule has 0 radical (unpaired) electrons. The van der Waals surface area contributed by atoms with Crippen molar-refractivity contribution in [2.45, 2.75) is 31.8 Å². The lowest BCUT2D eigenvalue weighted by atomic mass is 9.86. The van der Waals surface area contributed by atoms with Gasteiger partial charge < -0.3 is 5.11 Å². The van der Waals surface area contributed by atoms with Gasteiger partial charge in [0.2, 0.25) is 0 Å². The van der Waals surface area contributed by atoms with Crippen LogP contribution in [0.1, 0.15) is 25.7 Å². The van der Waals surface area contributed by atoms with E-state index in [9.17, 15) is 5.11 Å². The number of fused-ring (bicyclic) bond motifs is 1. The van der Waals surface area contributed by atoms with E-state index in [1.807, 2.05) is 0 Å². The number of allylic oxidation sites excluding steroid dienone is 1. The fourth-order valence-electron chi connectivity index (χ4n) is 2.27. The second-order valence-corrected chi connectivity index (χ2v) is 3.49. The molecule has 2 rings (SSSR count). The van der Waals surface area contributed by atoms with Crippen molar-refractivity contribution in [2.24, 2.45) is 11.8 Å². The van der Waals surface area contributed by atoms with Gasteiger partial charge in [-0.15, -0.1) is 0 Å². The standard InChI is InChI=1S/C9H14O/c10-9-6-5-7-3-1-2-4-8(7)9/h2,4,7-10H,1,3,5-6H2/t7-,8+,9-/m0/s1. The highest BCUT2D eigenvalue weighted by atomic mass is 16.3. The first kappa shape index (κ1) is 6.41. The second-order valence-electron chi connectivity index (χ2n) is 3.49. The predicted octanol–water partition coefficient (Wildman–Crippen LogP) is 1.72. The fourth-order valence-corrected chi connectivity index (χ4v) is 2.27. The van der Waals surface area contributed by atoms with Gasteiger partial charge in [-0.1, -0.05) is 12.2 Å². The van der Waals surface area contributed by atoms with Gasteiger partial charge in [0.05, 0.1) is 6.10 Å². The zero-order valence-corrected chi connectivity index (χ0v) is 6.16. The number of rotatable bonds is 0. The molecule has 0 bridgehead atoms. The minimum atomic E-state index is -0.0263. The molecule has 2 aliphatic rings. The molecular formula is C9H14O. The first-order valence-corrected chi connectivity index (χ1v) is 4.22. The van der Waals surface area contributed by atoms with Crippen molar-refractivity contribution in [3.63, 3.8) is 0 Å². The molecule has 0 aromatic heterocycles. The Labute approximate surface area is 61.8 Å². The highest BCUT2D eigenvalue weighted by molar-refractivity contribution is 5.03. The van der Waals surface area contributed by atoms with E-state index in [1.54, 1.807) is 0 Å². The molecule has 0 aromatic carbocycles. The Morgan fingerprint density at radius 1 is 1.20 bits per heavy atom. The maximum absolute atomic E-state index is 9.47. The molecule has 10 heavy (non-hydrogen) atoms. The minimum Gasteiger partial charge on any atom is -0.393 e. The molecule has 1 heteroatoms. The summed E-state index contributed by atoms with van der Waals surface area (Å²) < 4.78 is 0. The van der Waals surface area contributed by atoms with Gasteiger partial charge in [-0.2, -0.15) is 0 Å². The van der Waals surface area contributed by atoms with Crippen LogP contribution in [0, 0.1) is 11.8 Å². The fraction of sp³-hybridized carbons (Fsp3) is 0.778. The van der Waals surface area contributed by atoms with E-state index >= 15 is 0 Å². The van der Waals surface area contributed by atoms with Crippen LogP contribution in [-0.2, 0) is 0 Å². The van der Waals surface area contributed by atoms with Gasteiger partial charge in [0.1, 0.15) is 0 Å². The monoisotopic (exact) mass is 138 g/mol. The number of aliphatic hydroxyl groups excluding tert-OH is 1. The highest BCUT2D eigenvalue weighted by Crippen LogP contribution is 2.38. The van der Waals surface area contributed by atoms with Crippen LogP contribution in [0.4, 0.5) is 0 Å². The molecule has 0 amide bonds. The third-order valence-corrected chi connectivity index (χ3v) is 2.88. The van der Waals surface area contributed by atoms with E-state index < -0.39 is 0 Å². The van der Waals surface area contributed by atoms with Crippen LogP contribution in [0.5, 0.6) is 0 Å². The average Bonchev–Trinajstić information content (AvgIpc) is 2.34. The normalized spacial score (nSPS) is 45.5. The van der Waals surface area contributed by atoms with Gasteiger partial charge in [0.25, 0.3) is 0 Å². The summed E-state index contributed by atoms with van der Waals surface area (Å²) in [6.45, 7) is 0. The van der Waals surface area contributed by atoms with E-state index in [0.29, 0.717) is 5.92 Å². The minimum absolute atomic E-state index is 0.0263. The van der Waals surface area contributed by atoms with Crippen molar-refractivity contribution in [3.05, 3.63) is 12.2 Å². The topological polar surface area (TPSA) is 20.2 Å². The van der Waals surface area contributed by atoms with Gasteiger partial charge in [0.15, 0.2) is 0 Å². The van der Waals surface area contributed by atoms with Crippen molar-refractivity contribution in [1.82, 2.24) is 0 Å². The molecule has 1 saturated carbocycles. The van der Waals surface area contributed by atoms with E-state index in [2.05, 4.69) is 12.2 Å². The zero-order chi connectivity index (χ0) is 6.97. The molecule has 56 valence electrons. The lowest BCUT2D eigenvalue weighted by Crippen LogP contribution is -2.18. The maximum atomic E-state index is 9.47. The SMILES string of the molecule is O[C@H]1CC[C@@H]2CCC=C[C@H]21. The predicted molar refractivity (Wildman–Crippen MR) is 40.6 cm³/mol. The second kappa shape index (κ2) is 2.39. The van der Waals surface area contributed by atoms with Gasteiger partial charge in [-0.25, -0.2) is 0 Å². The van der Waals surface area contributed by atoms with Crippen LogP contribution < -0.4 is 0 Å². The summed E-state index contributed by atoms with van der Waals surface area (Å²) in [4.78, 5) is 0. The molecule has 0 aliphatic heterocycles. The van der Waals surface area contributed by atoms with E-state index in [-0.39, 0.29) is 6.10 Å². The summed E-state index contributed by atoms with van der Waals surface area (Å²) in [5, 5.41) is 9.47. The van der Waals surface area contributed by atoms with E-state index in [1.165, 1.54) is 19.3 Å². The number of aliphatic hydroxyl groups is 1.